The summed E-state index contributed by atoms with van der Waals surface area (Å²) in [5.74, 6) is 0. The molecule has 98 valence electrons. The number of nitrogens with one attached hydrogen (secondary N) is 3. The predicted octanol–water partition coefficient (Wildman–Crippen LogP) is 2.20. The van der Waals surface area contributed by atoms with Crippen molar-refractivity contribution < 1.29 is 9.90 Å². The van der Waals surface area contributed by atoms with E-state index in [1.54, 1.807) is 24.3 Å². The number of hydrogen-bond donors (Lipinski definition) is 4. The van der Waals surface area contributed by atoms with Gasteiger partial charge in [0, 0.05) is 11.4 Å². The van der Waals surface area contributed by atoms with Crippen molar-refractivity contribution in [3.05, 3.63) is 60.7 Å². The van der Waals surface area contributed by atoms with Crippen LogP contribution in [0.4, 0.5) is 16.2 Å². The Bertz CT molecular complexity index is 517. The Balaban J connectivity index is 1.82. The van der Waals surface area contributed by atoms with Crippen molar-refractivity contribution in [3.8, 4) is 0 Å². The zero-order chi connectivity index (χ0) is 13.5. The molecular weight excluding hydrogens is 242 g/mol. The van der Waals surface area contributed by atoms with Gasteiger partial charge in [0.05, 0.1) is 0 Å². The first kappa shape index (κ1) is 12.9. The van der Waals surface area contributed by atoms with E-state index in [0.717, 1.165) is 5.69 Å². The molecule has 19 heavy (non-hydrogen) atoms. The highest BCUT2D eigenvalue weighted by Gasteiger charge is 2.07. The van der Waals surface area contributed by atoms with Crippen LogP contribution in [-0.2, 0) is 0 Å². The number of rotatable bonds is 4. The Morgan fingerprint density at radius 2 is 1.42 bits per heavy atom. The third-order valence-electron chi connectivity index (χ3n) is 2.38. The van der Waals surface area contributed by atoms with Crippen molar-refractivity contribution in [2.75, 3.05) is 10.6 Å². The number of benzene rings is 2. The molecule has 2 aromatic rings. The first-order valence-corrected chi connectivity index (χ1v) is 5.86. The monoisotopic (exact) mass is 257 g/mol. The molecule has 5 heteroatoms. The molecule has 4 N–H and O–H groups in total. The molecule has 1 atom stereocenters. The standard InChI is InChI=1S/C14H15N3O2/c18-13(15-11-7-3-1-4-8-11)17-14(19)16-12-9-5-2-6-10-12/h1-10,13,15,18H,(H2,16,17,19). The minimum absolute atomic E-state index is 0.484. The van der Waals surface area contributed by atoms with Crippen LogP contribution in [0.5, 0.6) is 0 Å². The molecule has 2 rings (SSSR count). The van der Waals surface area contributed by atoms with E-state index in [0.29, 0.717) is 5.69 Å². The first-order chi connectivity index (χ1) is 9.24. The minimum atomic E-state index is -1.16. The molecule has 0 spiro atoms. The molecule has 2 aromatic carbocycles. The summed E-state index contributed by atoms with van der Waals surface area (Å²) < 4.78 is 0. The van der Waals surface area contributed by atoms with E-state index < -0.39 is 12.4 Å². The van der Waals surface area contributed by atoms with E-state index in [9.17, 15) is 9.90 Å². The third-order valence-corrected chi connectivity index (χ3v) is 2.38. The van der Waals surface area contributed by atoms with E-state index in [1.165, 1.54) is 0 Å². The molecule has 2 amide bonds. The SMILES string of the molecule is O=C(Nc1ccccc1)NC(O)Nc1ccccc1. The van der Waals surface area contributed by atoms with Gasteiger partial charge in [-0.1, -0.05) is 36.4 Å². The lowest BCUT2D eigenvalue weighted by Crippen LogP contribution is -2.42. The number of aliphatic hydroxyl groups excluding tert-OH is 1. The Labute approximate surface area is 111 Å². The topological polar surface area (TPSA) is 73.4 Å². The van der Waals surface area contributed by atoms with E-state index in [4.69, 9.17) is 0 Å². The van der Waals surface area contributed by atoms with Crippen molar-refractivity contribution >= 4 is 17.4 Å². The smallest absolute Gasteiger partial charge is 0.322 e. The highest BCUT2D eigenvalue weighted by Crippen LogP contribution is 2.06. The molecule has 0 aliphatic carbocycles. The molecule has 0 aromatic heterocycles. The molecular formula is C14H15N3O2. The van der Waals surface area contributed by atoms with Gasteiger partial charge in [0.2, 0.25) is 6.35 Å². The summed E-state index contributed by atoms with van der Waals surface area (Å²) in [7, 11) is 0. The number of hydrogen-bond acceptors (Lipinski definition) is 3. The number of anilines is 2. The van der Waals surface area contributed by atoms with Gasteiger partial charge < -0.3 is 15.7 Å². The van der Waals surface area contributed by atoms with Crippen LogP contribution in [0.25, 0.3) is 0 Å². The molecule has 0 aliphatic heterocycles. The lowest BCUT2D eigenvalue weighted by molar-refractivity contribution is 0.169. The van der Waals surface area contributed by atoms with E-state index in [-0.39, 0.29) is 0 Å². The summed E-state index contributed by atoms with van der Waals surface area (Å²) in [6.45, 7) is 0. The number of aliphatic hydroxyl groups is 1. The molecule has 0 radical (unpaired) electrons. The molecule has 0 fully saturated rings. The maximum Gasteiger partial charge on any atom is 0.322 e. The van der Waals surface area contributed by atoms with Gasteiger partial charge in [-0.05, 0) is 24.3 Å². The predicted molar refractivity (Wildman–Crippen MR) is 74.7 cm³/mol. The lowest BCUT2D eigenvalue weighted by atomic mass is 10.3. The van der Waals surface area contributed by atoms with E-state index >= 15 is 0 Å². The molecule has 0 bridgehead atoms. The van der Waals surface area contributed by atoms with Crippen LogP contribution in [0.2, 0.25) is 0 Å². The average Bonchev–Trinajstić information content (AvgIpc) is 2.40. The average molecular weight is 257 g/mol. The fraction of sp³-hybridized carbons (Fsp3) is 0.0714. The number of carbonyl (C=O) groups excluding carboxylic acids is 1. The molecule has 0 saturated carbocycles. The van der Waals surface area contributed by atoms with Crippen LogP contribution in [0.15, 0.2) is 60.7 Å². The van der Waals surface area contributed by atoms with Crippen molar-refractivity contribution in [2.24, 2.45) is 0 Å². The largest absolute Gasteiger partial charge is 0.356 e. The molecule has 0 heterocycles. The lowest BCUT2D eigenvalue weighted by Gasteiger charge is -2.16. The molecule has 0 aliphatic rings. The Hall–Kier alpha value is -2.53. The Morgan fingerprint density at radius 1 is 0.895 bits per heavy atom. The van der Waals surface area contributed by atoms with Crippen LogP contribution in [0.3, 0.4) is 0 Å². The summed E-state index contributed by atoms with van der Waals surface area (Å²) in [4.78, 5) is 11.6. The van der Waals surface area contributed by atoms with Gasteiger partial charge >= 0.3 is 6.03 Å². The molecule has 5 nitrogen and oxygen atoms in total. The first-order valence-electron chi connectivity index (χ1n) is 5.86. The van der Waals surface area contributed by atoms with Gasteiger partial charge in [-0.25, -0.2) is 4.79 Å². The number of urea groups is 1. The van der Waals surface area contributed by atoms with Crippen LogP contribution < -0.4 is 16.0 Å². The van der Waals surface area contributed by atoms with Gasteiger partial charge in [0.1, 0.15) is 0 Å². The fourth-order valence-electron chi connectivity index (χ4n) is 1.54. The second-order valence-corrected chi connectivity index (χ2v) is 3.88. The van der Waals surface area contributed by atoms with Crippen LogP contribution in [-0.4, -0.2) is 17.5 Å². The van der Waals surface area contributed by atoms with E-state index in [2.05, 4.69) is 16.0 Å². The highest BCUT2D eigenvalue weighted by atomic mass is 16.3. The number of para-hydroxylation sites is 2. The quantitative estimate of drug-likeness (QED) is 0.634. The summed E-state index contributed by atoms with van der Waals surface area (Å²) in [6.07, 6.45) is -1.16. The summed E-state index contributed by atoms with van der Waals surface area (Å²) in [6, 6.07) is 17.6. The summed E-state index contributed by atoms with van der Waals surface area (Å²) in [5.41, 5.74) is 1.38. The Kier molecular flexibility index (Phi) is 4.36. The molecule has 0 saturated heterocycles. The van der Waals surface area contributed by atoms with Crippen molar-refractivity contribution in [1.29, 1.82) is 0 Å². The van der Waals surface area contributed by atoms with Crippen LogP contribution in [0, 0.1) is 0 Å². The van der Waals surface area contributed by atoms with Gasteiger partial charge in [-0.2, -0.15) is 0 Å². The summed E-state index contributed by atoms with van der Waals surface area (Å²) in [5, 5.41) is 17.4. The minimum Gasteiger partial charge on any atom is -0.356 e. The third kappa shape index (κ3) is 4.33. The number of amides is 2. The zero-order valence-electron chi connectivity index (χ0n) is 10.2. The second kappa shape index (κ2) is 6.42. The van der Waals surface area contributed by atoms with Crippen molar-refractivity contribution in [2.45, 2.75) is 6.35 Å². The molecule has 1 unspecified atom stereocenters. The normalized spacial score (nSPS) is 11.4. The summed E-state index contributed by atoms with van der Waals surface area (Å²) >= 11 is 0. The van der Waals surface area contributed by atoms with Crippen molar-refractivity contribution in [1.82, 2.24) is 5.32 Å². The maximum atomic E-state index is 11.6. The van der Waals surface area contributed by atoms with Gasteiger partial charge in [0.15, 0.2) is 0 Å². The second-order valence-electron chi connectivity index (χ2n) is 3.88. The van der Waals surface area contributed by atoms with Crippen LogP contribution >= 0.6 is 0 Å². The number of carbonyl (C=O) groups is 1. The van der Waals surface area contributed by atoms with E-state index in [1.807, 2.05) is 36.4 Å². The fourth-order valence-corrected chi connectivity index (χ4v) is 1.54. The van der Waals surface area contributed by atoms with Gasteiger partial charge in [-0.15, -0.1) is 0 Å². The Morgan fingerprint density at radius 3 is 2.00 bits per heavy atom. The zero-order valence-corrected chi connectivity index (χ0v) is 10.2. The van der Waals surface area contributed by atoms with Crippen molar-refractivity contribution in [3.63, 3.8) is 0 Å². The van der Waals surface area contributed by atoms with Gasteiger partial charge in [0.25, 0.3) is 0 Å². The maximum absolute atomic E-state index is 11.6. The highest BCUT2D eigenvalue weighted by molar-refractivity contribution is 5.89. The van der Waals surface area contributed by atoms with Gasteiger partial charge in [-0.3, -0.25) is 5.32 Å². The van der Waals surface area contributed by atoms with Crippen LogP contribution in [0.1, 0.15) is 0 Å².